The molecule has 4 heterocycles. The number of ether oxygens (including phenoxy) is 1. The topological polar surface area (TPSA) is 131 Å². The normalized spacial score (nSPS) is 22.7. The number of halogens is 1. The van der Waals surface area contributed by atoms with E-state index in [9.17, 15) is 19.2 Å². The van der Waals surface area contributed by atoms with Crippen LogP contribution in [0.1, 0.15) is 64.3 Å². The maximum absolute atomic E-state index is 15.3. The van der Waals surface area contributed by atoms with Crippen molar-refractivity contribution in [2.24, 2.45) is 0 Å². The number of rotatable bonds is 5. The van der Waals surface area contributed by atoms with Gasteiger partial charge in [-0.3, -0.25) is 24.7 Å². The predicted octanol–water partition coefficient (Wildman–Crippen LogP) is 3.07. The summed E-state index contributed by atoms with van der Waals surface area (Å²) in [5.74, 6) is -2.14. The van der Waals surface area contributed by atoms with Crippen molar-refractivity contribution >= 4 is 45.4 Å². The first-order chi connectivity index (χ1) is 18.3. The lowest BCUT2D eigenvalue weighted by Gasteiger charge is -2.35. The van der Waals surface area contributed by atoms with Gasteiger partial charge in [0.05, 0.1) is 21.5 Å². The number of pyridine rings is 1. The molecule has 2 aliphatic heterocycles. The number of alkyl carbamates (subject to hydrolysis) is 1. The monoisotopic (exact) mass is 537 g/mol. The highest BCUT2D eigenvalue weighted by Crippen LogP contribution is 2.40. The minimum Gasteiger partial charge on any atom is -0.445 e. The zero-order valence-electron chi connectivity index (χ0n) is 20.5. The highest BCUT2D eigenvalue weighted by Gasteiger charge is 2.41. The number of benzene rings is 1. The average molecular weight is 538 g/mol. The first-order valence-corrected chi connectivity index (χ1v) is 13.2. The summed E-state index contributed by atoms with van der Waals surface area (Å²) in [7, 11) is 0. The Balaban J connectivity index is 1.04. The molecule has 0 spiro atoms. The summed E-state index contributed by atoms with van der Waals surface area (Å²) in [5, 5.41) is 5.02. The molecule has 1 saturated carbocycles. The number of fused-ring (bicyclic) bond motifs is 2. The number of aromatic nitrogens is 2. The lowest BCUT2D eigenvalue weighted by atomic mass is 9.77. The molecule has 1 aromatic carbocycles. The summed E-state index contributed by atoms with van der Waals surface area (Å²) in [6, 6.07) is 2.16. The van der Waals surface area contributed by atoms with Crippen molar-refractivity contribution in [2.75, 3.05) is 0 Å². The van der Waals surface area contributed by atoms with Crippen molar-refractivity contribution in [3.05, 3.63) is 57.6 Å². The first-order valence-electron chi connectivity index (χ1n) is 12.4. The van der Waals surface area contributed by atoms with Gasteiger partial charge in [0.15, 0.2) is 0 Å². The first kappa shape index (κ1) is 24.4. The van der Waals surface area contributed by atoms with Gasteiger partial charge < -0.3 is 15.0 Å². The molecule has 2 aromatic heterocycles. The van der Waals surface area contributed by atoms with Crippen LogP contribution in [-0.4, -0.2) is 50.8 Å². The molecule has 2 fully saturated rings. The van der Waals surface area contributed by atoms with Crippen molar-refractivity contribution in [1.82, 2.24) is 25.5 Å². The predicted molar refractivity (Wildman–Crippen MR) is 134 cm³/mol. The Labute approximate surface area is 220 Å². The van der Waals surface area contributed by atoms with Gasteiger partial charge in [0.1, 0.15) is 24.0 Å². The van der Waals surface area contributed by atoms with Crippen LogP contribution >= 0.6 is 11.3 Å². The highest BCUT2D eigenvalue weighted by atomic mass is 32.1. The molecule has 0 radical (unpaired) electrons. The Morgan fingerprint density at radius 2 is 2.08 bits per heavy atom. The molecule has 6 rings (SSSR count). The second-order valence-electron chi connectivity index (χ2n) is 9.92. The highest BCUT2D eigenvalue weighted by molar-refractivity contribution is 7.17. The van der Waals surface area contributed by atoms with Crippen LogP contribution in [0.3, 0.4) is 0 Å². The molecule has 38 heavy (non-hydrogen) atoms. The fraction of sp³-hybridized carbons (Fsp3) is 0.385. The fourth-order valence-corrected chi connectivity index (χ4v) is 6.14. The van der Waals surface area contributed by atoms with E-state index in [1.165, 1.54) is 11.0 Å². The molecule has 1 atom stereocenters. The van der Waals surface area contributed by atoms with E-state index in [1.54, 1.807) is 17.4 Å². The molecule has 2 N–H and O–H groups in total. The van der Waals surface area contributed by atoms with Crippen molar-refractivity contribution in [1.29, 1.82) is 0 Å². The molecule has 3 aliphatic rings. The van der Waals surface area contributed by atoms with Crippen LogP contribution in [0.2, 0.25) is 0 Å². The van der Waals surface area contributed by atoms with Crippen molar-refractivity contribution in [3.8, 4) is 0 Å². The molecule has 12 heteroatoms. The summed E-state index contributed by atoms with van der Waals surface area (Å²) in [5.41, 5.74) is 5.15. The molecule has 10 nitrogen and oxygen atoms in total. The number of nitrogens with zero attached hydrogens (tertiary/aromatic N) is 3. The van der Waals surface area contributed by atoms with Gasteiger partial charge in [-0.15, -0.1) is 11.3 Å². The van der Waals surface area contributed by atoms with E-state index in [0.717, 1.165) is 21.5 Å². The third-order valence-corrected chi connectivity index (χ3v) is 8.44. The van der Waals surface area contributed by atoms with E-state index in [0.29, 0.717) is 18.4 Å². The zero-order valence-corrected chi connectivity index (χ0v) is 21.3. The number of nitrogens with one attached hydrogen (secondary N) is 2. The smallest absolute Gasteiger partial charge is 0.407 e. The van der Waals surface area contributed by atoms with E-state index in [1.807, 2.05) is 18.6 Å². The van der Waals surface area contributed by atoms with Crippen LogP contribution in [-0.2, 0) is 27.5 Å². The molecular weight excluding hydrogens is 513 g/mol. The minimum atomic E-state index is -0.828. The molecule has 1 unspecified atom stereocenters. The average Bonchev–Trinajstić information content (AvgIpc) is 3.48. The SMILES string of the molecule is Cc1cnc(C2CC(NC(=O)OCc3ccc4c(c3F)C(=O)N(C3CCC(=O)NC3=O)C4)C2)c2ncsc12. The lowest BCUT2D eigenvalue weighted by Crippen LogP contribution is -2.52. The molecule has 4 amide bonds. The third-order valence-electron chi connectivity index (χ3n) is 7.48. The Bertz CT molecular complexity index is 1500. The van der Waals surface area contributed by atoms with Gasteiger partial charge in [-0.25, -0.2) is 14.2 Å². The van der Waals surface area contributed by atoms with Crippen molar-refractivity contribution in [3.63, 3.8) is 0 Å². The number of carbonyl (C=O) groups is 4. The minimum absolute atomic E-state index is 0.0682. The number of carbonyl (C=O) groups excluding carboxylic acids is 4. The van der Waals surface area contributed by atoms with Crippen molar-refractivity contribution in [2.45, 2.75) is 63.8 Å². The van der Waals surface area contributed by atoms with Crippen LogP contribution < -0.4 is 10.6 Å². The van der Waals surface area contributed by atoms with Gasteiger partial charge in [-0.2, -0.15) is 0 Å². The van der Waals surface area contributed by atoms with Gasteiger partial charge in [0.25, 0.3) is 5.91 Å². The molecule has 1 aliphatic carbocycles. The number of hydrogen-bond donors (Lipinski definition) is 2. The molecule has 1 saturated heterocycles. The lowest BCUT2D eigenvalue weighted by molar-refractivity contribution is -0.136. The fourth-order valence-electron chi connectivity index (χ4n) is 5.37. The summed E-state index contributed by atoms with van der Waals surface area (Å²) in [4.78, 5) is 59.3. The zero-order chi connectivity index (χ0) is 26.6. The number of amides is 4. The van der Waals surface area contributed by atoms with E-state index in [2.05, 4.69) is 20.6 Å². The standard InChI is InChI=1S/C26H24FN5O5S/c1-12-8-28-21(22-23(12)38-11-29-22)15-6-16(7-15)30-26(36)37-10-14-3-2-13-9-32(25(35)19(13)20(14)27)17-4-5-18(33)31-24(17)34/h2-3,8,11,15-17H,4-7,9-10H2,1H3,(H,30,36)(H,31,33,34). The van der Waals surface area contributed by atoms with E-state index in [4.69, 9.17) is 4.74 Å². The van der Waals surface area contributed by atoms with Crippen LogP contribution in [0.4, 0.5) is 9.18 Å². The van der Waals surface area contributed by atoms with Crippen LogP contribution in [0.25, 0.3) is 10.2 Å². The van der Waals surface area contributed by atoms with Gasteiger partial charge in [-0.1, -0.05) is 12.1 Å². The molecule has 196 valence electrons. The Morgan fingerprint density at radius 1 is 1.26 bits per heavy atom. The largest absolute Gasteiger partial charge is 0.445 e. The Kier molecular flexibility index (Phi) is 6.05. The maximum Gasteiger partial charge on any atom is 0.407 e. The maximum atomic E-state index is 15.3. The quantitative estimate of drug-likeness (QED) is 0.479. The number of hydrogen-bond acceptors (Lipinski definition) is 8. The molecule has 3 aromatic rings. The van der Waals surface area contributed by atoms with Gasteiger partial charge in [0, 0.05) is 36.7 Å². The number of imide groups is 1. The van der Waals surface area contributed by atoms with Crippen LogP contribution in [0.15, 0.2) is 23.8 Å². The summed E-state index contributed by atoms with van der Waals surface area (Å²) in [6.07, 6.45) is 2.90. The van der Waals surface area contributed by atoms with Crippen LogP contribution in [0, 0.1) is 12.7 Å². The second kappa shape index (κ2) is 9.43. The molecular formula is C26H24FN5O5S. The van der Waals surface area contributed by atoms with Crippen LogP contribution in [0.5, 0.6) is 0 Å². The summed E-state index contributed by atoms with van der Waals surface area (Å²) in [6.45, 7) is 1.74. The Hall–Kier alpha value is -3.93. The molecule has 0 bridgehead atoms. The number of aryl methyl sites for hydroxylation is 1. The summed E-state index contributed by atoms with van der Waals surface area (Å²) >= 11 is 1.59. The Morgan fingerprint density at radius 3 is 2.87 bits per heavy atom. The van der Waals surface area contributed by atoms with E-state index >= 15 is 4.39 Å². The van der Waals surface area contributed by atoms with Gasteiger partial charge >= 0.3 is 6.09 Å². The van der Waals surface area contributed by atoms with E-state index in [-0.39, 0.29) is 55.0 Å². The third kappa shape index (κ3) is 4.18. The van der Waals surface area contributed by atoms with Gasteiger partial charge in [-0.05, 0) is 37.3 Å². The number of thiazole rings is 1. The number of piperidine rings is 1. The second-order valence-corrected chi connectivity index (χ2v) is 10.8. The van der Waals surface area contributed by atoms with Crippen molar-refractivity contribution < 1.29 is 28.3 Å². The van der Waals surface area contributed by atoms with E-state index < -0.39 is 29.8 Å². The van der Waals surface area contributed by atoms with Gasteiger partial charge in [0.2, 0.25) is 11.8 Å². The summed E-state index contributed by atoms with van der Waals surface area (Å²) < 4.78 is 21.6.